The summed E-state index contributed by atoms with van der Waals surface area (Å²) in [6.45, 7) is 2.10. The van der Waals surface area contributed by atoms with Crippen molar-refractivity contribution < 1.29 is 0 Å². The molecule has 0 bridgehead atoms. The van der Waals surface area contributed by atoms with Gasteiger partial charge in [0.25, 0.3) is 0 Å². The number of fused-ring (bicyclic) bond motifs is 3. The molecule has 4 rings (SSSR count). The number of aromatic nitrogens is 2. The maximum absolute atomic E-state index is 4.59. The summed E-state index contributed by atoms with van der Waals surface area (Å²) in [5, 5.41) is 3.63. The number of benzene rings is 1. The Kier molecular flexibility index (Phi) is 3.81. The van der Waals surface area contributed by atoms with E-state index in [1.165, 1.54) is 43.2 Å². The minimum Gasteiger partial charge on any atom is -0.314 e. The average Bonchev–Trinajstić information content (AvgIpc) is 3.04. The van der Waals surface area contributed by atoms with Gasteiger partial charge >= 0.3 is 0 Å². The second kappa shape index (κ2) is 6.09. The van der Waals surface area contributed by atoms with Crippen LogP contribution in [-0.4, -0.2) is 15.9 Å². The van der Waals surface area contributed by atoms with E-state index in [1.54, 1.807) is 0 Å². The fourth-order valence-electron chi connectivity index (χ4n) is 3.65. The van der Waals surface area contributed by atoms with Gasteiger partial charge in [-0.1, -0.05) is 25.3 Å². The summed E-state index contributed by atoms with van der Waals surface area (Å²) in [5.41, 5.74) is 4.72. The highest BCUT2D eigenvalue weighted by Gasteiger charge is 2.12. The van der Waals surface area contributed by atoms with E-state index in [0.29, 0.717) is 0 Å². The zero-order valence-corrected chi connectivity index (χ0v) is 13.0. The first-order valence-corrected chi connectivity index (χ1v) is 8.45. The van der Waals surface area contributed by atoms with Crippen LogP contribution in [0, 0.1) is 5.92 Å². The summed E-state index contributed by atoms with van der Waals surface area (Å²) < 4.78 is 2.20. The number of hydrogen-bond acceptors (Lipinski definition) is 2. The quantitative estimate of drug-likeness (QED) is 0.782. The van der Waals surface area contributed by atoms with Crippen molar-refractivity contribution in [3.8, 4) is 0 Å². The van der Waals surface area contributed by atoms with Crippen LogP contribution in [0.2, 0.25) is 0 Å². The molecule has 0 unspecified atom stereocenters. The first kappa shape index (κ1) is 13.8. The van der Waals surface area contributed by atoms with Crippen molar-refractivity contribution in [1.29, 1.82) is 0 Å². The summed E-state index contributed by atoms with van der Waals surface area (Å²) in [5.74, 6) is 0.881. The Morgan fingerprint density at radius 1 is 1.14 bits per heavy atom. The fraction of sp³-hybridized carbons (Fsp3) is 0.421. The summed E-state index contributed by atoms with van der Waals surface area (Å²) in [6.07, 6.45) is 11.1. The normalized spacial score (nSPS) is 16.5. The van der Waals surface area contributed by atoms with Crippen LogP contribution in [0.15, 0.2) is 42.7 Å². The first-order valence-electron chi connectivity index (χ1n) is 8.45. The third kappa shape index (κ3) is 2.73. The van der Waals surface area contributed by atoms with Crippen molar-refractivity contribution in [2.75, 3.05) is 6.54 Å². The largest absolute Gasteiger partial charge is 0.314 e. The average molecular weight is 293 g/mol. The SMILES string of the molecule is c1cc2cnc3cc(CNCC4CCCCC4)ccc3n2c1. The molecule has 3 nitrogen and oxygen atoms in total. The summed E-state index contributed by atoms with van der Waals surface area (Å²) in [6, 6.07) is 10.8. The van der Waals surface area contributed by atoms with Gasteiger partial charge in [-0.25, -0.2) is 0 Å². The Morgan fingerprint density at radius 3 is 2.95 bits per heavy atom. The molecule has 0 amide bonds. The predicted octanol–water partition coefficient (Wildman–Crippen LogP) is 4.16. The molecule has 0 spiro atoms. The van der Waals surface area contributed by atoms with Gasteiger partial charge in [-0.15, -0.1) is 0 Å². The van der Waals surface area contributed by atoms with E-state index < -0.39 is 0 Å². The van der Waals surface area contributed by atoms with Crippen molar-refractivity contribution in [3.63, 3.8) is 0 Å². The highest BCUT2D eigenvalue weighted by atomic mass is 14.9. The van der Waals surface area contributed by atoms with Crippen LogP contribution in [0.4, 0.5) is 0 Å². The number of nitrogens with one attached hydrogen (secondary N) is 1. The van der Waals surface area contributed by atoms with Gasteiger partial charge < -0.3 is 9.72 Å². The van der Waals surface area contributed by atoms with Crippen LogP contribution in [0.5, 0.6) is 0 Å². The molecule has 1 aromatic carbocycles. The Labute approximate surface area is 131 Å². The van der Waals surface area contributed by atoms with Gasteiger partial charge in [-0.3, -0.25) is 4.98 Å². The lowest BCUT2D eigenvalue weighted by atomic mass is 9.89. The van der Waals surface area contributed by atoms with E-state index in [9.17, 15) is 0 Å². The van der Waals surface area contributed by atoms with Gasteiger partial charge in [0.15, 0.2) is 0 Å². The van der Waals surface area contributed by atoms with Crippen molar-refractivity contribution in [3.05, 3.63) is 48.3 Å². The van der Waals surface area contributed by atoms with Crippen LogP contribution < -0.4 is 5.32 Å². The van der Waals surface area contributed by atoms with Crippen molar-refractivity contribution in [2.45, 2.75) is 38.6 Å². The van der Waals surface area contributed by atoms with Gasteiger partial charge in [0.2, 0.25) is 0 Å². The second-order valence-electron chi connectivity index (χ2n) is 6.52. The summed E-state index contributed by atoms with van der Waals surface area (Å²) >= 11 is 0. The first-order chi connectivity index (χ1) is 10.9. The topological polar surface area (TPSA) is 29.3 Å². The van der Waals surface area contributed by atoms with E-state index >= 15 is 0 Å². The van der Waals surface area contributed by atoms with Gasteiger partial charge in [0.05, 0.1) is 22.7 Å². The van der Waals surface area contributed by atoms with E-state index in [2.05, 4.69) is 51.2 Å². The van der Waals surface area contributed by atoms with Crippen LogP contribution >= 0.6 is 0 Å². The number of hydrogen-bond donors (Lipinski definition) is 1. The monoisotopic (exact) mass is 293 g/mol. The van der Waals surface area contributed by atoms with Crippen molar-refractivity contribution >= 4 is 16.6 Å². The smallest absolute Gasteiger partial charge is 0.0874 e. The fourth-order valence-corrected chi connectivity index (χ4v) is 3.65. The lowest BCUT2D eigenvalue weighted by Crippen LogP contribution is -2.24. The molecule has 1 aliphatic rings. The van der Waals surface area contributed by atoms with E-state index in [4.69, 9.17) is 0 Å². The van der Waals surface area contributed by atoms with Gasteiger partial charge in [0, 0.05) is 12.7 Å². The Bertz CT molecular complexity index is 769. The Balaban J connectivity index is 1.46. The minimum absolute atomic E-state index is 0.881. The maximum atomic E-state index is 4.59. The van der Waals surface area contributed by atoms with Crippen LogP contribution in [-0.2, 0) is 6.54 Å². The molecule has 114 valence electrons. The zero-order valence-electron chi connectivity index (χ0n) is 13.0. The molecule has 2 aromatic heterocycles. The molecule has 0 aliphatic heterocycles. The molecule has 1 N–H and O–H groups in total. The lowest BCUT2D eigenvalue weighted by Gasteiger charge is -2.21. The molecule has 0 atom stereocenters. The summed E-state index contributed by atoms with van der Waals surface area (Å²) in [4.78, 5) is 4.59. The third-order valence-electron chi connectivity index (χ3n) is 4.90. The van der Waals surface area contributed by atoms with E-state index in [1.807, 2.05) is 6.20 Å². The number of rotatable bonds is 4. The molecule has 3 heteroatoms. The van der Waals surface area contributed by atoms with Crippen LogP contribution in [0.3, 0.4) is 0 Å². The minimum atomic E-state index is 0.881. The van der Waals surface area contributed by atoms with Crippen molar-refractivity contribution in [1.82, 2.24) is 14.7 Å². The molecule has 1 fully saturated rings. The molecular formula is C19H23N3. The molecule has 0 saturated heterocycles. The Hall–Kier alpha value is -1.87. The van der Waals surface area contributed by atoms with Crippen LogP contribution in [0.1, 0.15) is 37.7 Å². The van der Waals surface area contributed by atoms with Gasteiger partial charge in [0.1, 0.15) is 0 Å². The summed E-state index contributed by atoms with van der Waals surface area (Å²) in [7, 11) is 0. The zero-order chi connectivity index (χ0) is 14.8. The molecule has 3 aromatic rings. The van der Waals surface area contributed by atoms with Gasteiger partial charge in [-0.05, 0) is 55.1 Å². The lowest BCUT2D eigenvalue weighted by molar-refractivity contribution is 0.342. The van der Waals surface area contributed by atoms with E-state index in [-0.39, 0.29) is 0 Å². The third-order valence-corrected chi connectivity index (χ3v) is 4.90. The standard InChI is InChI=1S/C19H23N3/c1-2-5-15(6-3-1)12-20-13-16-8-9-19-18(11-16)21-14-17-7-4-10-22(17)19/h4,7-11,14-15,20H,1-3,5-6,12-13H2. The molecule has 2 heterocycles. The molecule has 1 saturated carbocycles. The molecule has 0 radical (unpaired) electrons. The predicted molar refractivity (Wildman–Crippen MR) is 91.0 cm³/mol. The second-order valence-corrected chi connectivity index (χ2v) is 6.52. The number of nitrogens with zero attached hydrogens (tertiary/aromatic N) is 2. The molecule has 22 heavy (non-hydrogen) atoms. The molecule has 1 aliphatic carbocycles. The molecular weight excluding hydrogens is 270 g/mol. The Morgan fingerprint density at radius 2 is 2.05 bits per heavy atom. The highest BCUT2D eigenvalue weighted by molar-refractivity contribution is 5.78. The van der Waals surface area contributed by atoms with Crippen LogP contribution in [0.25, 0.3) is 16.6 Å². The van der Waals surface area contributed by atoms with E-state index in [0.717, 1.165) is 30.0 Å². The highest BCUT2D eigenvalue weighted by Crippen LogP contribution is 2.23. The van der Waals surface area contributed by atoms with Gasteiger partial charge in [-0.2, -0.15) is 0 Å². The van der Waals surface area contributed by atoms with Crippen molar-refractivity contribution in [2.24, 2.45) is 5.92 Å². The maximum Gasteiger partial charge on any atom is 0.0874 e.